The normalized spacial score (nSPS) is 11.7. The van der Waals surface area contributed by atoms with Crippen LogP contribution in [0.25, 0.3) is 11.0 Å². The van der Waals surface area contributed by atoms with Crippen molar-refractivity contribution in [1.29, 1.82) is 0 Å². The molecule has 0 aliphatic rings. The molecule has 1 atom stereocenters. The van der Waals surface area contributed by atoms with E-state index in [1.54, 1.807) is 12.1 Å². The predicted molar refractivity (Wildman–Crippen MR) is 143 cm³/mol. The number of benzene rings is 3. The summed E-state index contributed by atoms with van der Waals surface area (Å²) in [6.45, 7) is 7.10. The Bertz CT molecular complexity index is 1390. The van der Waals surface area contributed by atoms with Crippen LogP contribution in [0.1, 0.15) is 40.3 Å². The molecule has 0 saturated carbocycles. The van der Waals surface area contributed by atoms with Crippen LogP contribution < -0.4 is 24.3 Å². The molecule has 4 rings (SSSR count). The Morgan fingerprint density at radius 3 is 2.30 bits per heavy atom. The third-order valence-corrected chi connectivity index (χ3v) is 6.41. The number of imidazole rings is 1. The quantitative estimate of drug-likeness (QED) is 0.318. The van der Waals surface area contributed by atoms with Crippen molar-refractivity contribution in [2.45, 2.75) is 33.4 Å². The molecule has 3 aromatic carbocycles. The smallest absolute Gasteiger partial charge is 0.252 e. The maximum atomic E-state index is 13.2. The van der Waals surface area contributed by atoms with E-state index in [2.05, 4.69) is 29.8 Å². The molecule has 1 aromatic heterocycles. The molecule has 0 fully saturated rings. The van der Waals surface area contributed by atoms with Crippen LogP contribution >= 0.6 is 0 Å². The van der Waals surface area contributed by atoms with Crippen molar-refractivity contribution in [2.75, 3.05) is 27.9 Å². The number of aryl methyl sites for hydroxylation is 2. The number of rotatable bonds is 10. The van der Waals surface area contributed by atoms with E-state index in [0.717, 1.165) is 22.6 Å². The number of carbonyl (C=O) groups is 1. The van der Waals surface area contributed by atoms with Crippen LogP contribution in [0.4, 0.5) is 0 Å². The molecule has 8 heteroatoms. The summed E-state index contributed by atoms with van der Waals surface area (Å²) in [5.74, 6) is 2.55. The summed E-state index contributed by atoms with van der Waals surface area (Å²) in [4.78, 5) is 18.1. The number of fused-ring (bicyclic) bond motifs is 1. The van der Waals surface area contributed by atoms with Crippen LogP contribution in [0, 0.1) is 13.8 Å². The Kier molecular flexibility index (Phi) is 7.86. The first-order valence-electron chi connectivity index (χ1n) is 12.1. The number of methoxy groups -OCH3 is 3. The summed E-state index contributed by atoms with van der Waals surface area (Å²) in [6.07, 6.45) is 0. The molecule has 0 bridgehead atoms. The van der Waals surface area contributed by atoms with Gasteiger partial charge in [0.1, 0.15) is 18.2 Å². The molecule has 1 N–H and O–H groups in total. The second kappa shape index (κ2) is 11.2. The van der Waals surface area contributed by atoms with Gasteiger partial charge in [0, 0.05) is 5.56 Å². The van der Waals surface area contributed by atoms with Gasteiger partial charge in [0.05, 0.1) is 44.9 Å². The molecule has 0 aliphatic heterocycles. The minimum absolute atomic E-state index is 0.281. The van der Waals surface area contributed by atoms with Gasteiger partial charge in [-0.05, 0) is 68.3 Å². The summed E-state index contributed by atoms with van der Waals surface area (Å²) in [5.41, 5.74) is 4.65. The van der Waals surface area contributed by atoms with Crippen LogP contribution in [0.2, 0.25) is 0 Å². The lowest BCUT2D eigenvalue weighted by Gasteiger charge is -2.18. The molecule has 1 unspecified atom stereocenters. The lowest BCUT2D eigenvalue weighted by atomic mass is 10.1. The van der Waals surface area contributed by atoms with Gasteiger partial charge in [0.15, 0.2) is 11.5 Å². The van der Waals surface area contributed by atoms with Gasteiger partial charge >= 0.3 is 0 Å². The van der Waals surface area contributed by atoms with Gasteiger partial charge in [-0.1, -0.05) is 18.2 Å². The summed E-state index contributed by atoms with van der Waals surface area (Å²) < 4.78 is 24.3. The maximum absolute atomic E-state index is 13.2. The Morgan fingerprint density at radius 2 is 1.65 bits per heavy atom. The Labute approximate surface area is 217 Å². The number of hydrogen-bond acceptors (Lipinski definition) is 6. The van der Waals surface area contributed by atoms with Crippen molar-refractivity contribution in [3.63, 3.8) is 0 Å². The molecule has 0 spiro atoms. The lowest BCUT2D eigenvalue weighted by Crippen LogP contribution is -2.29. The zero-order valence-corrected chi connectivity index (χ0v) is 22.1. The van der Waals surface area contributed by atoms with Gasteiger partial charge in [-0.15, -0.1) is 0 Å². The number of aromatic nitrogens is 2. The molecule has 4 aromatic rings. The summed E-state index contributed by atoms with van der Waals surface area (Å²) in [6, 6.07) is 16.9. The standard InChI is InChI=1S/C29H33N3O5/c1-18-11-12-22(15-19(18)2)37-14-13-32-24-10-8-7-9-23(24)31-28(32)20(3)30-29(33)21-16-25(34-4)27(36-6)26(17-21)35-5/h7-12,15-17,20H,13-14H2,1-6H3,(H,30,33). The topological polar surface area (TPSA) is 83.8 Å². The average Bonchev–Trinajstić information content (AvgIpc) is 3.28. The van der Waals surface area contributed by atoms with E-state index < -0.39 is 0 Å². The largest absolute Gasteiger partial charge is 0.493 e. The fraction of sp³-hybridized carbons (Fsp3) is 0.310. The van der Waals surface area contributed by atoms with Gasteiger partial charge in [0.25, 0.3) is 5.91 Å². The lowest BCUT2D eigenvalue weighted by molar-refractivity contribution is 0.0936. The SMILES string of the molecule is COc1cc(C(=O)NC(C)c2nc3ccccc3n2CCOc2ccc(C)c(C)c2)cc(OC)c1OC. The zero-order chi connectivity index (χ0) is 26.5. The summed E-state index contributed by atoms with van der Waals surface area (Å²) >= 11 is 0. The van der Waals surface area contributed by atoms with E-state index in [9.17, 15) is 4.79 Å². The first-order valence-corrected chi connectivity index (χ1v) is 12.1. The number of nitrogens with one attached hydrogen (secondary N) is 1. The van der Waals surface area contributed by atoms with Crippen LogP contribution in [-0.4, -0.2) is 43.4 Å². The van der Waals surface area contributed by atoms with Crippen LogP contribution in [0.5, 0.6) is 23.0 Å². The fourth-order valence-corrected chi connectivity index (χ4v) is 4.27. The first-order chi connectivity index (χ1) is 17.9. The van der Waals surface area contributed by atoms with E-state index >= 15 is 0 Å². The van der Waals surface area contributed by atoms with Crippen molar-refractivity contribution in [1.82, 2.24) is 14.9 Å². The Balaban J connectivity index is 1.56. The highest BCUT2D eigenvalue weighted by Crippen LogP contribution is 2.38. The van der Waals surface area contributed by atoms with Crippen LogP contribution in [-0.2, 0) is 6.54 Å². The van der Waals surface area contributed by atoms with Crippen molar-refractivity contribution in [3.8, 4) is 23.0 Å². The van der Waals surface area contributed by atoms with Crippen molar-refractivity contribution >= 4 is 16.9 Å². The molecule has 0 aliphatic carbocycles. The second-order valence-corrected chi connectivity index (χ2v) is 8.81. The second-order valence-electron chi connectivity index (χ2n) is 8.81. The first kappa shape index (κ1) is 25.9. The molecule has 0 saturated heterocycles. The molecular weight excluding hydrogens is 470 g/mol. The van der Waals surface area contributed by atoms with E-state index in [-0.39, 0.29) is 11.9 Å². The molecule has 8 nitrogen and oxygen atoms in total. The van der Waals surface area contributed by atoms with Gasteiger partial charge in [-0.3, -0.25) is 4.79 Å². The number of amides is 1. The third-order valence-electron chi connectivity index (χ3n) is 6.41. The molecule has 1 amide bonds. The number of ether oxygens (including phenoxy) is 4. The monoisotopic (exact) mass is 503 g/mol. The van der Waals surface area contributed by atoms with Gasteiger partial charge in [-0.2, -0.15) is 0 Å². The van der Waals surface area contributed by atoms with E-state index in [0.29, 0.717) is 36.0 Å². The minimum atomic E-state index is -0.374. The molecular formula is C29H33N3O5. The molecule has 194 valence electrons. The maximum Gasteiger partial charge on any atom is 0.252 e. The number of carbonyl (C=O) groups excluding carboxylic acids is 1. The summed E-state index contributed by atoms with van der Waals surface area (Å²) in [7, 11) is 4.56. The summed E-state index contributed by atoms with van der Waals surface area (Å²) in [5, 5.41) is 3.06. The van der Waals surface area contributed by atoms with Crippen molar-refractivity contribution < 1.29 is 23.7 Å². The van der Waals surface area contributed by atoms with Gasteiger partial charge < -0.3 is 28.8 Å². The average molecular weight is 504 g/mol. The van der Waals surface area contributed by atoms with Crippen molar-refractivity contribution in [3.05, 3.63) is 77.1 Å². The fourth-order valence-electron chi connectivity index (χ4n) is 4.27. The van der Waals surface area contributed by atoms with Crippen LogP contribution in [0.15, 0.2) is 54.6 Å². The molecule has 37 heavy (non-hydrogen) atoms. The minimum Gasteiger partial charge on any atom is -0.493 e. The highest BCUT2D eigenvalue weighted by molar-refractivity contribution is 5.96. The Morgan fingerprint density at radius 1 is 0.946 bits per heavy atom. The van der Waals surface area contributed by atoms with Crippen LogP contribution in [0.3, 0.4) is 0 Å². The molecule has 0 radical (unpaired) electrons. The highest BCUT2D eigenvalue weighted by atomic mass is 16.5. The third kappa shape index (κ3) is 5.48. The zero-order valence-electron chi connectivity index (χ0n) is 22.1. The predicted octanol–water partition coefficient (Wildman–Crippen LogP) is 5.25. The highest BCUT2D eigenvalue weighted by Gasteiger charge is 2.22. The number of nitrogens with zero attached hydrogens (tertiary/aromatic N) is 2. The van der Waals surface area contributed by atoms with Gasteiger partial charge in [-0.25, -0.2) is 4.98 Å². The Hall–Kier alpha value is -4.20. The number of hydrogen-bond donors (Lipinski definition) is 1. The van der Waals surface area contributed by atoms with Gasteiger partial charge in [0.2, 0.25) is 5.75 Å². The van der Waals surface area contributed by atoms with E-state index in [1.807, 2.05) is 43.3 Å². The van der Waals surface area contributed by atoms with E-state index in [1.165, 1.54) is 32.5 Å². The molecule has 1 heterocycles. The van der Waals surface area contributed by atoms with E-state index in [4.69, 9.17) is 23.9 Å². The number of para-hydroxylation sites is 2. The van der Waals surface area contributed by atoms with Crippen molar-refractivity contribution in [2.24, 2.45) is 0 Å².